The Morgan fingerprint density at radius 3 is 2.78 bits per heavy atom. The number of ether oxygens (including phenoxy) is 1. The summed E-state index contributed by atoms with van der Waals surface area (Å²) in [4.78, 5) is 19.6. The molecule has 1 aliphatic rings. The zero-order valence-electron chi connectivity index (χ0n) is 20.3. The number of aryl methyl sites for hydroxylation is 1. The molecule has 8 nitrogen and oxygen atoms in total. The van der Waals surface area contributed by atoms with Gasteiger partial charge in [0.05, 0.1) is 23.9 Å². The van der Waals surface area contributed by atoms with Crippen LogP contribution in [-0.4, -0.2) is 49.9 Å². The minimum Gasteiger partial charge on any atom is -0.382 e. The number of nitrogens with zero attached hydrogens (tertiary/aromatic N) is 5. The number of nitrogens with one attached hydrogen (secondary N) is 1. The highest BCUT2D eigenvalue weighted by molar-refractivity contribution is 6.33. The van der Waals surface area contributed by atoms with Gasteiger partial charge in [-0.25, -0.2) is 13.8 Å². The van der Waals surface area contributed by atoms with E-state index in [0.29, 0.717) is 39.8 Å². The fourth-order valence-electron chi connectivity index (χ4n) is 4.57. The average molecular weight is 527 g/mol. The van der Waals surface area contributed by atoms with E-state index >= 15 is 0 Å². The van der Waals surface area contributed by atoms with Crippen LogP contribution < -0.4 is 5.32 Å². The first kappa shape index (κ1) is 24.9. The van der Waals surface area contributed by atoms with Gasteiger partial charge in [0, 0.05) is 56.8 Å². The molecule has 1 amide bonds. The van der Waals surface area contributed by atoms with Crippen LogP contribution in [0, 0.1) is 5.82 Å². The summed E-state index contributed by atoms with van der Waals surface area (Å²) in [7, 11) is 3.37. The zero-order valence-corrected chi connectivity index (χ0v) is 21.0. The molecule has 1 atom stereocenters. The van der Waals surface area contributed by atoms with E-state index in [1.807, 2.05) is 29.9 Å². The SMILES string of the molecule is COC[C@H]1Cn2cc(-c3cc(Nc4ccnn4C)ncc3Cl)cc2C(=O)N1Cc1cc(F)ccc1CF. The maximum Gasteiger partial charge on any atom is 0.271 e. The number of alkyl halides is 1. The van der Waals surface area contributed by atoms with Gasteiger partial charge in [-0.1, -0.05) is 17.7 Å². The molecule has 11 heteroatoms. The van der Waals surface area contributed by atoms with Crippen molar-refractivity contribution < 1.29 is 18.3 Å². The lowest BCUT2D eigenvalue weighted by Gasteiger charge is -2.36. The molecule has 0 radical (unpaired) electrons. The van der Waals surface area contributed by atoms with Crippen LogP contribution in [-0.2, 0) is 31.5 Å². The predicted molar refractivity (Wildman–Crippen MR) is 136 cm³/mol. The summed E-state index contributed by atoms with van der Waals surface area (Å²) in [5.74, 6) is 0.595. The lowest BCUT2D eigenvalue weighted by Crippen LogP contribution is -2.49. The third-order valence-electron chi connectivity index (χ3n) is 6.48. The van der Waals surface area contributed by atoms with E-state index < -0.39 is 12.5 Å². The third-order valence-corrected chi connectivity index (χ3v) is 6.78. The van der Waals surface area contributed by atoms with E-state index in [-0.39, 0.29) is 25.1 Å². The van der Waals surface area contributed by atoms with Gasteiger partial charge in [-0.2, -0.15) is 5.10 Å². The Balaban J connectivity index is 1.47. The Kier molecular flexibility index (Phi) is 6.94. The summed E-state index contributed by atoms with van der Waals surface area (Å²) in [6.07, 6.45) is 5.10. The standard InChI is InChI=1S/C26H25ClF2N6O2/c1-33-25(5-6-31-33)32-24-9-21(22(27)11-30-24)18-8-23-26(36)35(20(15-37-2)14-34(23)12-18)13-17-7-19(29)4-3-16(17)10-28/h3-9,11-12,20H,10,13-15H2,1-2H3,(H,30,32)/t20-/m1/s1. The number of benzene rings is 1. The van der Waals surface area contributed by atoms with Crippen molar-refractivity contribution in [2.24, 2.45) is 7.05 Å². The molecule has 4 aromatic rings. The number of hydrogen-bond acceptors (Lipinski definition) is 5. The van der Waals surface area contributed by atoms with Crippen molar-refractivity contribution >= 4 is 29.1 Å². The molecule has 37 heavy (non-hydrogen) atoms. The summed E-state index contributed by atoms with van der Waals surface area (Å²) in [6, 6.07) is 8.99. The normalized spacial score (nSPS) is 15.2. The largest absolute Gasteiger partial charge is 0.382 e. The van der Waals surface area contributed by atoms with Crippen molar-refractivity contribution in [3.63, 3.8) is 0 Å². The van der Waals surface area contributed by atoms with Gasteiger partial charge < -0.3 is 19.5 Å². The minimum absolute atomic E-state index is 0.0686. The number of methoxy groups -OCH3 is 1. The Hall–Kier alpha value is -3.76. The number of carbonyl (C=O) groups is 1. The van der Waals surface area contributed by atoms with Crippen LogP contribution in [0.2, 0.25) is 5.02 Å². The van der Waals surface area contributed by atoms with E-state index in [1.54, 1.807) is 35.2 Å². The fraction of sp³-hybridized carbons (Fsp3) is 0.269. The predicted octanol–water partition coefficient (Wildman–Crippen LogP) is 4.96. The van der Waals surface area contributed by atoms with Crippen LogP contribution in [0.4, 0.5) is 20.4 Å². The lowest BCUT2D eigenvalue weighted by molar-refractivity contribution is 0.0387. The van der Waals surface area contributed by atoms with Crippen LogP contribution in [0.5, 0.6) is 0 Å². The number of amides is 1. The van der Waals surface area contributed by atoms with Gasteiger partial charge in [0.1, 0.15) is 29.8 Å². The third kappa shape index (κ3) is 4.94. The molecule has 4 heterocycles. The summed E-state index contributed by atoms with van der Waals surface area (Å²) in [5, 5.41) is 7.78. The molecule has 192 valence electrons. The van der Waals surface area contributed by atoms with E-state index in [2.05, 4.69) is 15.4 Å². The van der Waals surface area contributed by atoms with Crippen molar-refractivity contribution in [2.45, 2.75) is 25.8 Å². The molecule has 0 saturated heterocycles. The van der Waals surface area contributed by atoms with Gasteiger partial charge in [-0.3, -0.25) is 9.48 Å². The number of pyridine rings is 1. The number of hydrogen-bond donors (Lipinski definition) is 1. The molecule has 0 fully saturated rings. The fourth-order valence-corrected chi connectivity index (χ4v) is 4.79. The number of halogens is 3. The molecule has 1 aliphatic heterocycles. The maximum atomic E-state index is 13.9. The van der Waals surface area contributed by atoms with Crippen LogP contribution in [0.1, 0.15) is 21.6 Å². The second kappa shape index (κ2) is 10.3. The summed E-state index contributed by atoms with van der Waals surface area (Å²) in [6.45, 7) is 0.0494. The van der Waals surface area contributed by atoms with Crippen molar-refractivity contribution in [3.8, 4) is 11.1 Å². The second-order valence-electron chi connectivity index (χ2n) is 8.87. The highest BCUT2D eigenvalue weighted by atomic mass is 35.5. The van der Waals surface area contributed by atoms with Gasteiger partial charge in [-0.15, -0.1) is 0 Å². The molecule has 0 unspecified atom stereocenters. The molecule has 0 saturated carbocycles. The minimum atomic E-state index is -0.747. The van der Waals surface area contributed by atoms with Crippen LogP contribution in [0.15, 0.2) is 55.0 Å². The number of aromatic nitrogens is 4. The first-order valence-electron chi connectivity index (χ1n) is 11.6. The first-order valence-corrected chi connectivity index (χ1v) is 12.0. The lowest BCUT2D eigenvalue weighted by atomic mass is 10.0. The molecule has 1 aromatic carbocycles. The first-order chi connectivity index (χ1) is 17.9. The monoisotopic (exact) mass is 526 g/mol. The molecule has 0 bridgehead atoms. The van der Waals surface area contributed by atoms with E-state index in [1.165, 1.54) is 18.2 Å². The highest BCUT2D eigenvalue weighted by Crippen LogP contribution is 2.34. The topological polar surface area (TPSA) is 77.2 Å². The maximum absolute atomic E-state index is 13.9. The number of anilines is 2. The second-order valence-corrected chi connectivity index (χ2v) is 9.28. The van der Waals surface area contributed by atoms with Crippen LogP contribution in [0.25, 0.3) is 11.1 Å². The number of carbonyl (C=O) groups excluding carboxylic acids is 1. The molecule has 0 aliphatic carbocycles. The van der Waals surface area contributed by atoms with Gasteiger partial charge in [0.2, 0.25) is 0 Å². The van der Waals surface area contributed by atoms with Gasteiger partial charge in [0.15, 0.2) is 0 Å². The van der Waals surface area contributed by atoms with Crippen molar-refractivity contribution in [1.82, 2.24) is 24.2 Å². The zero-order chi connectivity index (χ0) is 26.1. The molecule has 5 rings (SSSR count). The number of rotatable bonds is 8. The van der Waals surface area contributed by atoms with Crippen molar-refractivity contribution in [2.75, 3.05) is 19.0 Å². The van der Waals surface area contributed by atoms with E-state index in [0.717, 1.165) is 11.4 Å². The molecule has 1 N–H and O–H groups in total. The van der Waals surface area contributed by atoms with Crippen LogP contribution >= 0.6 is 11.6 Å². The van der Waals surface area contributed by atoms with Crippen LogP contribution in [0.3, 0.4) is 0 Å². The number of fused-ring (bicyclic) bond motifs is 1. The van der Waals surface area contributed by atoms with Crippen molar-refractivity contribution in [3.05, 3.63) is 82.6 Å². The van der Waals surface area contributed by atoms with E-state index in [9.17, 15) is 13.6 Å². The quantitative estimate of drug-likeness (QED) is 0.351. The average Bonchev–Trinajstić information content (AvgIpc) is 3.49. The Labute approximate surface area is 217 Å². The highest BCUT2D eigenvalue weighted by Gasteiger charge is 2.34. The summed E-state index contributed by atoms with van der Waals surface area (Å²) in [5.41, 5.74) is 2.69. The van der Waals surface area contributed by atoms with E-state index in [4.69, 9.17) is 16.3 Å². The van der Waals surface area contributed by atoms with Gasteiger partial charge in [0.25, 0.3) is 5.91 Å². The molecule has 0 spiro atoms. The Bertz CT molecular complexity index is 1450. The Morgan fingerprint density at radius 1 is 1.22 bits per heavy atom. The Morgan fingerprint density at radius 2 is 2.05 bits per heavy atom. The van der Waals surface area contributed by atoms with Gasteiger partial charge in [-0.05, 0) is 35.4 Å². The smallest absolute Gasteiger partial charge is 0.271 e. The molecular formula is C26H25ClF2N6O2. The molecular weight excluding hydrogens is 502 g/mol. The summed E-state index contributed by atoms with van der Waals surface area (Å²) >= 11 is 6.50. The van der Waals surface area contributed by atoms with Gasteiger partial charge >= 0.3 is 0 Å². The summed E-state index contributed by atoms with van der Waals surface area (Å²) < 4.78 is 36.4. The molecule has 3 aromatic heterocycles. The van der Waals surface area contributed by atoms with Crippen molar-refractivity contribution in [1.29, 1.82) is 0 Å².